The Morgan fingerprint density at radius 3 is 1.65 bits per heavy atom. The molecular formula is C35H67NO4. The lowest BCUT2D eigenvalue weighted by atomic mass is 10.0. The van der Waals surface area contributed by atoms with Gasteiger partial charge in [0, 0.05) is 12.8 Å². The first-order valence-electron chi connectivity index (χ1n) is 17.4. The number of methoxy groups -OCH3 is 1. The molecule has 5 nitrogen and oxygen atoms in total. The van der Waals surface area contributed by atoms with Gasteiger partial charge in [-0.2, -0.15) is 0 Å². The highest BCUT2D eigenvalue weighted by molar-refractivity contribution is 5.69. The van der Waals surface area contributed by atoms with Crippen LogP contribution in [0.2, 0.25) is 0 Å². The van der Waals surface area contributed by atoms with Gasteiger partial charge in [0.25, 0.3) is 0 Å². The second-order valence-corrected chi connectivity index (χ2v) is 12.9. The monoisotopic (exact) mass is 566 g/mol. The van der Waals surface area contributed by atoms with Crippen molar-refractivity contribution in [2.75, 3.05) is 27.7 Å². The molecule has 0 radical (unpaired) electrons. The van der Waals surface area contributed by atoms with Crippen molar-refractivity contribution in [2.24, 2.45) is 11.8 Å². The zero-order valence-corrected chi connectivity index (χ0v) is 27.2. The van der Waals surface area contributed by atoms with Gasteiger partial charge in [-0.3, -0.25) is 9.59 Å². The maximum atomic E-state index is 12.4. The average Bonchev–Trinajstić information content (AvgIpc) is 3.68. The van der Waals surface area contributed by atoms with E-state index in [1.165, 1.54) is 123 Å². The number of hydrogen-bond donors (Lipinski definition) is 0. The highest BCUT2D eigenvalue weighted by Crippen LogP contribution is 2.45. The van der Waals surface area contributed by atoms with Crippen LogP contribution >= 0.6 is 0 Å². The van der Waals surface area contributed by atoms with Crippen molar-refractivity contribution in [1.82, 2.24) is 4.90 Å². The molecule has 0 heterocycles. The second-order valence-electron chi connectivity index (χ2n) is 12.9. The summed E-state index contributed by atoms with van der Waals surface area (Å²) >= 11 is 0. The van der Waals surface area contributed by atoms with E-state index in [-0.39, 0.29) is 18.0 Å². The third-order valence-electron chi connectivity index (χ3n) is 8.77. The van der Waals surface area contributed by atoms with Gasteiger partial charge < -0.3 is 14.4 Å². The quantitative estimate of drug-likeness (QED) is 0.0667. The van der Waals surface area contributed by atoms with Crippen LogP contribution in [-0.2, 0) is 19.1 Å². The van der Waals surface area contributed by atoms with E-state index in [1.54, 1.807) is 0 Å². The van der Waals surface area contributed by atoms with E-state index in [9.17, 15) is 9.59 Å². The van der Waals surface area contributed by atoms with Crippen LogP contribution in [0.3, 0.4) is 0 Å². The van der Waals surface area contributed by atoms with Crippen LogP contribution in [0.25, 0.3) is 0 Å². The van der Waals surface area contributed by atoms with Crippen LogP contribution in [0, 0.1) is 11.8 Å². The molecule has 1 saturated carbocycles. The lowest BCUT2D eigenvalue weighted by Gasteiger charge is -2.18. The molecule has 1 rings (SSSR count). The third kappa shape index (κ3) is 22.6. The summed E-state index contributed by atoms with van der Waals surface area (Å²) in [7, 11) is 5.58. The summed E-state index contributed by atoms with van der Waals surface area (Å²) in [6.07, 6.45) is 30.3. The predicted octanol–water partition coefficient (Wildman–Crippen LogP) is 9.65. The zero-order chi connectivity index (χ0) is 29.3. The van der Waals surface area contributed by atoms with Gasteiger partial charge >= 0.3 is 11.9 Å². The minimum Gasteiger partial charge on any atom is -0.469 e. The summed E-state index contributed by atoms with van der Waals surface area (Å²) < 4.78 is 10.6. The Labute approximate surface area is 248 Å². The number of hydrogen-bond acceptors (Lipinski definition) is 5. The molecular weight excluding hydrogens is 498 g/mol. The molecule has 0 aromatic carbocycles. The molecule has 0 aromatic heterocycles. The number of ether oxygens (including phenoxy) is 2. The minimum atomic E-state index is -0.0716. The van der Waals surface area contributed by atoms with Crippen LogP contribution in [0.1, 0.15) is 167 Å². The van der Waals surface area contributed by atoms with Gasteiger partial charge in [0.1, 0.15) is 6.10 Å². The number of rotatable bonds is 29. The van der Waals surface area contributed by atoms with Crippen LogP contribution in [0.4, 0.5) is 0 Å². The first-order valence-corrected chi connectivity index (χ1v) is 17.4. The van der Waals surface area contributed by atoms with Crippen molar-refractivity contribution in [3.8, 4) is 0 Å². The highest BCUT2D eigenvalue weighted by Gasteiger charge is 2.35. The summed E-state index contributed by atoms with van der Waals surface area (Å²) in [6, 6.07) is 0. The lowest BCUT2D eigenvalue weighted by Crippen LogP contribution is -2.20. The summed E-state index contributed by atoms with van der Waals surface area (Å²) in [5.41, 5.74) is 0. The summed E-state index contributed by atoms with van der Waals surface area (Å²) in [4.78, 5) is 25.6. The fourth-order valence-electron chi connectivity index (χ4n) is 6.01. The van der Waals surface area contributed by atoms with Crippen molar-refractivity contribution >= 4 is 11.9 Å². The van der Waals surface area contributed by atoms with Gasteiger partial charge in [-0.25, -0.2) is 0 Å². The Kier molecular flexibility index (Phi) is 23.6. The molecule has 1 aliphatic rings. The van der Waals surface area contributed by atoms with Crippen LogP contribution in [-0.4, -0.2) is 50.7 Å². The fourth-order valence-corrected chi connectivity index (χ4v) is 6.01. The molecule has 0 aliphatic heterocycles. The van der Waals surface area contributed by atoms with Gasteiger partial charge in [-0.05, 0) is 77.4 Å². The summed E-state index contributed by atoms with van der Waals surface area (Å²) in [6.45, 7) is 3.21. The second kappa shape index (κ2) is 25.6. The lowest BCUT2D eigenvalue weighted by molar-refractivity contribution is -0.150. The van der Waals surface area contributed by atoms with E-state index in [1.807, 2.05) is 0 Å². The van der Waals surface area contributed by atoms with Crippen molar-refractivity contribution in [1.29, 1.82) is 0 Å². The van der Waals surface area contributed by atoms with Crippen molar-refractivity contribution in [3.05, 3.63) is 0 Å². The van der Waals surface area contributed by atoms with E-state index in [4.69, 9.17) is 9.47 Å². The fraction of sp³-hybridized carbons (Fsp3) is 0.943. The molecule has 40 heavy (non-hydrogen) atoms. The van der Waals surface area contributed by atoms with E-state index >= 15 is 0 Å². The van der Waals surface area contributed by atoms with Crippen molar-refractivity contribution in [2.45, 2.75) is 174 Å². The Balaban J connectivity index is 2.03. The maximum Gasteiger partial charge on any atom is 0.306 e. The Morgan fingerprint density at radius 2 is 1.12 bits per heavy atom. The molecule has 0 aromatic rings. The minimum absolute atomic E-state index is 0.00634. The molecule has 0 spiro atoms. The molecule has 0 saturated heterocycles. The van der Waals surface area contributed by atoms with Gasteiger partial charge in [0.05, 0.1) is 7.11 Å². The van der Waals surface area contributed by atoms with Gasteiger partial charge in [-0.1, -0.05) is 110 Å². The number of esters is 2. The molecule has 0 bridgehead atoms. The largest absolute Gasteiger partial charge is 0.469 e. The normalized spacial score (nSPS) is 17.2. The molecule has 236 valence electrons. The predicted molar refractivity (Wildman–Crippen MR) is 169 cm³/mol. The first-order chi connectivity index (χ1) is 19.5. The SMILES string of the molecule is CCCCCCCCC(CCCCCCCCC1CC1CCCCCCCC(=O)OC)OC(=O)CCCN(C)C. The van der Waals surface area contributed by atoms with Crippen LogP contribution in [0.5, 0.6) is 0 Å². The van der Waals surface area contributed by atoms with E-state index in [2.05, 4.69) is 25.9 Å². The molecule has 1 aliphatic carbocycles. The summed E-state index contributed by atoms with van der Waals surface area (Å²) in [5, 5.41) is 0. The summed E-state index contributed by atoms with van der Waals surface area (Å²) in [5.74, 6) is 1.95. The Bertz CT molecular complexity index is 608. The number of carbonyl (C=O) groups excluding carboxylic acids is 2. The smallest absolute Gasteiger partial charge is 0.306 e. The topological polar surface area (TPSA) is 55.8 Å². The number of carbonyl (C=O) groups is 2. The number of nitrogens with zero attached hydrogens (tertiary/aromatic N) is 1. The van der Waals surface area contributed by atoms with Crippen LogP contribution < -0.4 is 0 Å². The van der Waals surface area contributed by atoms with Gasteiger partial charge in [0.15, 0.2) is 0 Å². The molecule has 3 unspecified atom stereocenters. The average molecular weight is 566 g/mol. The molecule has 0 amide bonds. The number of unbranched alkanes of at least 4 members (excludes halogenated alkanes) is 14. The Hall–Kier alpha value is -1.10. The van der Waals surface area contributed by atoms with E-state index in [0.29, 0.717) is 12.8 Å². The molecule has 0 N–H and O–H groups in total. The third-order valence-corrected chi connectivity index (χ3v) is 8.77. The molecule has 5 heteroatoms. The molecule has 3 atom stereocenters. The van der Waals surface area contributed by atoms with Crippen molar-refractivity contribution in [3.63, 3.8) is 0 Å². The van der Waals surface area contributed by atoms with E-state index < -0.39 is 0 Å². The van der Waals surface area contributed by atoms with Gasteiger partial charge in [0.2, 0.25) is 0 Å². The van der Waals surface area contributed by atoms with Crippen LogP contribution in [0.15, 0.2) is 0 Å². The first kappa shape index (κ1) is 36.9. The van der Waals surface area contributed by atoms with E-state index in [0.717, 1.165) is 50.5 Å². The molecule has 1 fully saturated rings. The maximum absolute atomic E-state index is 12.4. The zero-order valence-electron chi connectivity index (χ0n) is 27.2. The Morgan fingerprint density at radius 1 is 0.650 bits per heavy atom. The highest BCUT2D eigenvalue weighted by atomic mass is 16.5. The standard InChI is InChI=1S/C35H67NO4/c1-5-6-7-8-14-19-25-33(40-35(38)28-22-29-36(2)3)26-20-15-10-9-12-17-23-31-30-32(31)24-18-13-11-16-21-27-34(37)39-4/h31-33H,5-30H2,1-4H3. The van der Waals surface area contributed by atoms with Crippen molar-refractivity contribution < 1.29 is 19.1 Å². The van der Waals surface area contributed by atoms with Gasteiger partial charge in [-0.15, -0.1) is 0 Å².